The fourth-order valence-electron chi connectivity index (χ4n) is 2.75. The molecular formula is C19H42O6P2. The molecule has 0 aliphatic carbocycles. The van der Waals surface area contributed by atoms with Gasteiger partial charge in [0.15, 0.2) is 5.40 Å². The summed E-state index contributed by atoms with van der Waals surface area (Å²) < 4.78 is 50.8. The number of rotatable bonds is 15. The van der Waals surface area contributed by atoms with Crippen molar-refractivity contribution in [1.29, 1.82) is 0 Å². The molecule has 0 unspecified atom stereocenters. The average Bonchev–Trinajstić information content (AvgIpc) is 2.42. The van der Waals surface area contributed by atoms with Gasteiger partial charge >= 0.3 is 15.2 Å². The normalized spacial score (nSPS) is 13.7. The highest BCUT2D eigenvalue weighted by Gasteiger charge is 2.52. The summed E-state index contributed by atoms with van der Waals surface area (Å²) in [6, 6.07) is 0. The van der Waals surface area contributed by atoms with Crippen molar-refractivity contribution in [3.63, 3.8) is 0 Å². The van der Waals surface area contributed by atoms with Gasteiger partial charge in [-0.05, 0) is 61.8 Å². The Morgan fingerprint density at radius 1 is 0.593 bits per heavy atom. The van der Waals surface area contributed by atoms with Crippen LogP contribution in [0.3, 0.4) is 0 Å². The van der Waals surface area contributed by atoms with Crippen LogP contribution in [-0.2, 0) is 27.2 Å². The summed E-state index contributed by atoms with van der Waals surface area (Å²) in [6.45, 7) is 16.5. The van der Waals surface area contributed by atoms with E-state index < -0.39 is 20.6 Å². The summed E-state index contributed by atoms with van der Waals surface area (Å²) in [5.41, 5.74) is 0. The number of unbranched alkanes of at least 4 members (excludes halogenated alkanes) is 3. The number of hydrogen-bond acceptors (Lipinski definition) is 6. The second kappa shape index (κ2) is 12.8. The van der Waals surface area contributed by atoms with Gasteiger partial charge in [0.2, 0.25) is 0 Å². The molecule has 0 rings (SSSR count). The van der Waals surface area contributed by atoms with Crippen molar-refractivity contribution in [1.82, 2.24) is 0 Å². The van der Waals surface area contributed by atoms with Gasteiger partial charge in [-0.15, -0.1) is 0 Å². The van der Waals surface area contributed by atoms with Crippen LogP contribution >= 0.6 is 15.2 Å². The lowest BCUT2D eigenvalue weighted by molar-refractivity contribution is 0.121. The molecule has 0 fully saturated rings. The zero-order valence-electron chi connectivity index (χ0n) is 18.8. The minimum atomic E-state index is -3.74. The Morgan fingerprint density at radius 2 is 0.926 bits per heavy atom. The van der Waals surface area contributed by atoms with E-state index >= 15 is 0 Å². The lowest BCUT2D eigenvalue weighted by Crippen LogP contribution is -2.23. The largest absolute Gasteiger partial charge is 0.346 e. The summed E-state index contributed by atoms with van der Waals surface area (Å²) in [4.78, 5) is 0. The van der Waals surface area contributed by atoms with Gasteiger partial charge in [-0.2, -0.15) is 0 Å². The van der Waals surface area contributed by atoms with E-state index in [2.05, 4.69) is 6.92 Å². The first kappa shape index (κ1) is 27.3. The van der Waals surface area contributed by atoms with Gasteiger partial charge in [0.1, 0.15) is 0 Å². The van der Waals surface area contributed by atoms with Gasteiger partial charge in [-0.25, -0.2) is 0 Å². The summed E-state index contributed by atoms with van der Waals surface area (Å²) in [7, 11) is -7.47. The molecule has 6 nitrogen and oxygen atoms in total. The summed E-state index contributed by atoms with van der Waals surface area (Å²) in [5.74, 6) is 0. The summed E-state index contributed by atoms with van der Waals surface area (Å²) in [5, 5.41) is -0.934. The van der Waals surface area contributed by atoms with Crippen molar-refractivity contribution < 1.29 is 27.2 Å². The predicted molar refractivity (Wildman–Crippen MR) is 113 cm³/mol. The van der Waals surface area contributed by atoms with Crippen LogP contribution in [-0.4, -0.2) is 29.8 Å². The molecule has 0 aromatic heterocycles. The average molecular weight is 428 g/mol. The SMILES string of the molecule is CCCCCCC(P(=O)(OC(C)C)OC(C)C)P(=O)(OC(C)C)OC(C)C. The standard InChI is InChI=1S/C19H42O6P2/c1-10-11-12-13-14-19(26(20,22-15(2)3)23-16(4)5)27(21,24-17(6)7)25-18(8)9/h15-19H,10-14H2,1-9H3. The molecule has 0 saturated carbocycles. The predicted octanol–water partition coefficient (Wildman–Crippen LogP) is 7.37. The Morgan fingerprint density at radius 3 is 1.19 bits per heavy atom. The van der Waals surface area contributed by atoms with Gasteiger partial charge < -0.3 is 18.1 Å². The maximum atomic E-state index is 13.8. The van der Waals surface area contributed by atoms with E-state index in [1.165, 1.54) is 0 Å². The zero-order chi connectivity index (χ0) is 21.3. The molecule has 0 aromatic carbocycles. The van der Waals surface area contributed by atoms with Gasteiger partial charge in [-0.1, -0.05) is 32.6 Å². The van der Waals surface area contributed by atoms with Gasteiger partial charge in [0, 0.05) is 0 Å². The van der Waals surface area contributed by atoms with Crippen molar-refractivity contribution in [3.8, 4) is 0 Å². The summed E-state index contributed by atoms with van der Waals surface area (Å²) >= 11 is 0. The first-order valence-electron chi connectivity index (χ1n) is 10.3. The van der Waals surface area contributed by atoms with Crippen LogP contribution in [0.4, 0.5) is 0 Å². The molecular weight excluding hydrogens is 386 g/mol. The molecule has 0 N–H and O–H groups in total. The highest BCUT2D eigenvalue weighted by atomic mass is 31.2. The zero-order valence-corrected chi connectivity index (χ0v) is 20.6. The lowest BCUT2D eigenvalue weighted by atomic mass is 10.2. The van der Waals surface area contributed by atoms with Gasteiger partial charge in [0.05, 0.1) is 24.4 Å². The van der Waals surface area contributed by atoms with Gasteiger partial charge in [-0.3, -0.25) is 9.13 Å². The Bertz CT molecular complexity index is 425. The number of hydrogen-bond donors (Lipinski definition) is 0. The Hall–Kier alpha value is 0.300. The second-order valence-electron chi connectivity index (χ2n) is 8.03. The van der Waals surface area contributed by atoms with E-state index in [9.17, 15) is 9.13 Å². The van der Waals surface area contributed by atoms with Crippen LogP contribution in [0.25, 0.3) is 0 Å². The molecule has 0 saturated heterocycles. The van der Waals surface area contributed by atoms with Crippen LogP contribution in [0.5, 0.6) is 0 Å². The molecule has 27 heavy (non-hydrogen) atoms. The molecule has 8 heteroatoms. The Balaban J connectivity index is 6.02. The molecule has 0 atom stereocenters. The highest BCUT2D eigenvalue weighted by molar-refractivity contribution is 7.72. The van der Waals surface area contributed by atoms with E-state index in [0.29, 0.717) is 6.42 Å². The van der Waals surface area contributed by atoms with Crippen LogP contribution in [0.2, 0.25) is 0 Å². The first-order valence-corrected chi connectivity index (χ1v) is 13.5. The first-order chi connectivity index (χ1) is 12.4. The molecule has 0 aliphatic heterocycles. The molecule has 0 bridgehead atoms. The van der Waals surface area contributed by atoms with Crippen LogP contribution in [0.15, 0.2) is 0 Å². The maximum Gasteiger partial charge on any atom is 0.346 e. The van der Waals surface area contributed by atoms with E-state index in [-0.39, 0.29) is 24.4 Å². The van der Waals surface area contributed by atoms with Gasteiger partial charge in [0.25, 0.3) is 0 Å². The molecule has 0 heterocycles. The Kier molecular flexibility index (Phi) is 12.9. The van der Waals surface area contributed by atoms with Crippen molar-refractivity contribution in [2.45, 2.75) is 124 Å². The Labute approximate surface area is 167 Å². The third-order valence-electron chi connectivity index (χ3n) is 3.48. The quantitative estimate of drug-likeness (QED) is 0.200. The minimum absolute atomic E-state index is 0.334. The van der Waals surface area contributed by atoms with Crippen LogP contribution in [0, 0.1) is 0 Å². The van der Waals surface area contributed by atoms with Crippen molar-refractivity contribution in [2.24, 2.45) is 0 Å². The maximum absolute atomic E-state index is 13.8. The molecule has 0 amide bonds. The topological polar surface area (TPSA) is 71.1 Å². The van der Waals surface area contributed by atoms with Crippen molar-refractivity contribution >= 4 is 15.2 Å². The van der Waals surface area contributed by atoms with Crippen molar-refractivity contribution in [2.75, 3.05) is 0 Å². The molecule has 0 radical (unpaired) electrons. The smallest absolute Gasteiger partial charge is 0.305 e. The fraction of sp³-hybridized carbons (Fsp3) is 1.00. The van der Waals surface area contributed by atoms with E-state index in [0.717, 1.165) is 25.7 Å². The molecule has 0 spiro atoms. The third-order valence-corrected chi connectivity index (χ3v) is 10.0. The van der Waals surface area contributed by atoms with E-state index in [4.69, 9.17) is 18.1 Å². The lowest BCUT2D eigenvalue weighted by Gasteiger charge is -2.35. The summed E-state index contributed by atoms with van der Waals surface area (Å²) in [6.07, 6.45) is 2.94. The molecule has 0 aliphatic rings. The van der Waals surface area contributed by atoms with Crippen molar-refractivity contribution in [3.05, 3.63) is 0 Å². The van der Waals surface area contributed by atoms with E-state index in [1.54, 1.807) is 55.4 Å². The van der Waals surface area contributed by atoms with Crippen LogP contribution in [0.1, 0.15) is 94.4 Å². The monoisotopic (exact) mass is 428 g/mol. The highest BCUT2D eigenvalue weighted by Crippen LogP contribution is 2.73. The third kappa shape index (κ3) is 10.6. The van der Waals surface area contributed by atoms with E-state index in [1.807, 2.05) is 0 Å². The fourth-order valence-corrected chi connectivity index (χ4v) is 8.80. The molecule has 0 aromatic rings. The second-order valence-corrected chi connectivity index (χ2v) is 12.7. The minimum Gasteiger partial charge on any atom is -0.305 e. The molecule has 164 valence electrons. The van der Waals surface area contributed by atoms with Crippen LogP contribution < -0.4 is 0 Å².